The maximum atomic E-state index is 4.32. The van der Waals surface area contributed by atoms with Crippen molar-refractivity contribution in [2.45, 2.75) is 18.5 Å². The molecule has 5 nitrogen and oxygen atoms in total. The summed E-state index contributed by atoms with van der Waals surface area (Å²) in [5.41, 5.74) is 0. The van der Waals surface area contributed by atoms with E-state index in [0.717, 1.165) is 17.4 Å². The van der Waals surface area contributed by atoms with Crippen LogP contribution in [-0.4, -0.2) is 30.8 Å². The predicted molar refractivity (Wildman–Crippen MR) is 49.7 cm³/mol. The van der Waals surface area contributed by atoms with Crippen LogP contribution in [0.4, 0.5) is 0 Å². The van der Waals surface area contributed by atoms with Gasteiger partial charge in [-0.25, -0.2) is 4.98 Å². The van der Waals surface area contributed by atoms with Crippen molar-refractivity contribution in [2.75, 3.05) is 6.26 Å². The summed E-state index contributed by atoms with van der Waals surface area (Å²) in [6.45, 7) is 2.02. The molecule has 0 saturated heterocycles. The molecule has 2 rings (SSSR count). The van der Waals surface area contributed by atoms with Crippen molar-refractivity contribution in [3.05, 3.63) is 12.2 Å². The first-order valence-electron chi connectivity index (χ1n) is 3.95. The maximum absolute atomic E-state index is 4.32. The highest BCUT2D eigenvalue weighted by molar-refractivity contribution is 7.98. The van der Waals surface area contributed by atoms with E-state index in [9.17, 15) is 0 Å². The maximum Gasteiger partial charge on any atom is 0.256 e. The van der Waals surface area contributed by atoms with Gasteiger partial charge in [0.2, 0.25) is 0 Å². The third-order valence-corrected chi connectivity index (χ3v) is 2.29. The highest BCUT2D eigenvalue weighted by Crippen LogP contribution is 2.11. The first kappa shape index (κ1) is 8.43. The average Bonchev–Trinajstić information content (AvgIpc) is 2.63. The van der Waals surface area contributed by atoms with Crippen LogP contribution >= 0.6 is 11.8 Å². The van der Waals surface area contributed by atoms with Gasteiger partial charge in [0.1, 0.15) is 12.2 Å². The van der Waals surface area contributed by atoms with E-state index in [1.54, 1.807) is 16.3 Å². The lowest BCUT2D eigenvalue weighted by atomic mass is 10.5. The fourth-order valence-electron chi connectivity index (χ4n) is 1.04. The van der Waals surface area contributed by atoms with Gasteiger partial charge < -0.3 is 0 Å². The Morgan fingerprint density at radius 1 is 1.46 bits per heavy atom. The Balaban J connectivity index is 2.70. The summed E-state index contributed by atoms with van der Waals surface area (Å²) in [5.74, 6) is 1.43. The minimum atomic E-state index is 0.621. The van der Waals surface area contributed by atoms with Gasteiger partial charge in [-0.1, -0.05) is 18.7 Å². The summed E-state index contributed by atoms with van der Waals surface area (Å²) < 4.78 is 1.64. The van der Waals surface area contributed by atoms with Crippen LogP contribution in [-0.2, 0) is 6.42 Å². The number of aromatic nitrogens is 5. The molecule has 2 aromatic heterocycles. The summed E-state index contributed by atoms with van der Waals surface area (Å²) >= 11 is 1.54. The number of rotatable bonds is 2. The number of nitrogens with zero attached hydrogens (tertiary/aromatic N) is 5. The molecule has 0 atom stereocenters. The van der Waals surface area contributed by atoms with E-state index >= 15 is 0 Å². The van der Waals surface area contributed by atoms with Gasteiger partial charge in [-0.2, -0.15) is 19.6 Å². The van der Waals surface area contributed by atoms with E-state index in [1.807, 2.05) is 13.2 Å². The fraction of sp³-hybridized carbons (Fsp3) is 0.429. The zero-order valence-corrected chi connectivity index (χ0v) is 8.25. The number of thioether (sulfide) groups is 1. The molecule has 0 aliphatic rings. The van der Waals surface area contributed by atoms with Crippen molar-refractivity contribution in [3.63, 3.8) is 0 Å². The number of aryl methyl sites for hydroxylation is 1. The minimum absolute atomic E-state index is 0.621. The van der Waals surface area contributed by atoms with Gasteiger partial charge in [-0.05, 0) is 6.26 Å². The minimum Gasteiger partial charge on any atom is -0.207 e. The van der Waals surface area contributed by atoms with Crippen molar-refractivity contribution < 1.29 is 0 Å². The van der Waals surface area contributed by atoms with Crippen molar-refractivity contribution in [1.29, 1.82) is 0 Å². The second-order valence-electron chi connectivity index (χ2n) is 2.45. The lowest BCUT2D eigenvalue weighted by Crippen LogP contribution is -2.03. The van der Waals surface area contributed by atoms with Crippen molar-refractivity contribution in [3.8, 4) is 0 Å². The van der Waals surface area contributed by atoms with E-state index in [1.165, 1.54) is 6.33 Å². The normalized spacial score (nSPS) is 10.9. The molecular formula is C7H9N5S. The van der Waals surface area contributed by atoms with Gasteiger partial charge in [-0.3, -0.25) is 0 Å². The van der Waals surface area contributed by atoms with Gasteiger partial charge in [0.25, 0.3) is 5.78 Å². The Morgan fingerprint density at radius 2 is 2.31 bits per heavy atom. The first-order valence-corrected chi connectivity index (χ1v) is 5.18. The summed E-state index contributed by atoms with van der Waals surface area (Å²) in [7, 11) is 0. The van der Waals surface area contributed by atoms with Gasteiger partial charge >= 0.3 is 0 Å². The Hall–Kier alpha value is -1.17. The molecule has 0 spiro atoms. The molecule has 13 heavy (non-hydrogen) atoms. The molecule has 0 aromatic carbocycles. The highest BCUT2D eigenvalue weighted by atomic mass is 32.2. The molecule has 0 aliphatic carbocycles. The highest BCUT2D eigenvalue weighted by Gasteiger charge is 2.06. The molecule has 2 heterocycles. The largest absolute Gasteiger partial charge is 0.256 e. The third-order valence-electron chi connectivity index (χ3n) is 1.66. The van der Waals surface area contributed by atoms with Crippen LogP contribution in [0.5, 0.6) is 0 Å². The van der Waals surface area contributed by atoms with Crippen LogP contribution in [0.15, 0.2) is 11.5 Å². The van der Waals surface area contributed by atoms with Crippen LogP contribution in [0.25, 0.3) is 5.78 Å². The predicted octanol–water partition coefficient (Wildman–Crippen LogP) is 0.804. The third kappa shape index (κ3) is 1.37. The Labute approximate surface area is 79.6 Å². The van der Waals surface area contributed by atoms with Crippen molar-refractivity contribution >= 4 is 17.5 Å². The van der Waals surface area contributed by atoms with Crippen LogP contribution in [0.1, 0.15) is 12.7 Å². The lowest BCUT2D eigenvalue weighted by molar-refractivity contribution is 0.735. The zero-order valence-electron chi connectivity index (χ0n) is 7.43. The summed E-state index contributed by atoms with van der Waals surface area (Å²) in [6, 6.07) is 0. The van der Waals surface area contributed by atoms with Crippen LogP contribution in [0.2, 0.25) is 0 Å². The zero-order chi connectivity index (χ0) is 9.26. The molecule has 0 fully saturated rings. The molecular weight excluding hydrogens is 186 g/mol. The molecule has 2 aromatic rings. The van der Waals surface area contributed by atoms with Gasteiger partial charge in [-0.15, -0.1) is 0 Å². The molecule has 0 radical (unpaired) electrons. The average molecular weight is 195 g/mol. The van der Waals surface area contributed by atoms with Gasteiger partial charge in [0.05, 0.1) is 0 Å². The van der Waals surface area contributed by atoms with E-state index in [4.69, 9.17) is 0 Å². The topological polar surface area (TPSA) is 56.0 Å². The van der Waals surface area contributed by atoms with Crippen LogP contribution in [0.3, 0.4) is 0 Å². The van der Waals surface area contributed by atoms with E-state index in [-0.39, 0.29) is 0 Å². The second kappa shape index (κ2) is 3.29. The molecule has 0 saturated carbocycles. The summed E-state index contributed by atoms with van der Waals surface area (Å²) in [4.78, 5) is 12.6. The van der Waals surface area contributed by atoms with Gasteiger partial charge in [0.15, 0.2) is 5.16 Å². The summed E-state index contributed by atoms with van der Waals surface area (Å²) in [6.07, 6.45) is 4.27. The monoisotopic (exact) mass is 195 g/mol. The summed E-state index contributed by atoms with van der Waals surface area (Å²) in [5, 5.41) is 4.86. The standard InChI is InChI=1S/C7H9N5S/c1-3-5-10-6-8-4-9-12(6)7(11-5)13-2/h4H,3H2,1-2H3. The molecule has 0 aliphatic heterocycles. The first-order chi connectivity index (χ1) is 6.35. The molecule has 0 bridgehead atoms. The molecule has 0 unspecified atom stereocenters. The Kier molecular flexibility index (Phi) is 2.13. The molecule has 0 N–H and O–H groups in total. The van der Waals surface area contributed by atoms with E-state index < -0.39 is 0 Å². The van der Waals surface area contributed by atoms with Crippen LogP contribution in [0, 0.1) is 0 Å². The SMILES string of the molecule is CCc1nc(SC)n2ncnc2n1. The smallest absolute Gasteiger partial charge is 0.207 e. The van der Waals surface area contributed by atoms with E-state index in [0.29, 0.717) is 5.78 Å². The Bertz CT molecular complexity index is 424. The molecule has 0 amide bonds. The number of fused-ring (bicyclic) bond motifs is 1. The van der Waals surface area contributed by atoms with E-state index in [2.05, 4.69) is 20.1 Å². The van der Waals surface area contributed by atoms with Crippen molar-refractivity contribution in [2.24, 2.45) is 0 Å². The lowest BCUT2D eigenvalue weighted by Gasteiger charge is -2.00. The van der Waals surface area contributed by atoms with Crippen molar-refractivity contribution in [1.82, 2.24) is 24.6 Å². The van der Waals surface area contributed by atoms with Gasteiger partial charge in [0, 0.05) is 6.42 Å². The Morgan fingerprint density at radius 3 is 3.00 bits per heavy atom. The second-order valence-corrected chi connectivity index (χ2v) is 3.23. The molecule has 6 heteroatoms. The molecule has 68 valence electrons. The van der Waals surface area contributed by atoms with Crippen LogP contribution < -0.4 is 0 Å². The number of hydrogen-bond acceptors (Lipinski definition) is 5. The fourth-order valence-corrected chi connectivity index (χ4v) is 1.53. The quantitative estimate of drug-likeness (QED) is 0.663. The number of hydrogen-bond donors (Lipinski definition) is 0.